The van der Waals surface area contributed by atoms with Crippen molar-refractivity contribution in [3.63, 3.8) is 0 Å². The first-order chi connectivity index (χ1) is 9.19. The quantitative estimate of drug-likeness (QED) is 0.804. The Labute approximate surface area is 112 Å². The highest BCUT2D eigenvalue weighted by Gasteiger charge is 2.34. The van der Waals surface area contributed by atoms with Crippen molar-refractivity contribution < 1.29 is 19.0 Å². The van der Waals surface area contributed by atoms with Gasteiger partial charge < -0.3 is 19.5 Å². The Hall–Kier alpha value is -1.66. The maximum atomic E-state index is 11.4. The van der Waals surface area contributed by atoms with Gasteiger partial charge in [-0.3, -0.25) is 0 Å². The molecule has 1 aliphatic heterocycles. The molecule has 0 amide bonds. The highest BCUT2D eigenvalue weighted by Crippen LogP contribution is 2.23. The number of esters is 1. The molecule has 6 heteroatoms. The van der Waals surface area contributed by atoms with Gasteiger partial charge in [-0.2, -0.15) is 0 Å². The van der Waals surface area contributed by atoms with Crippen LogP contribution in [0.1, 0.15) is 16.8 Å². The molecule has 1 saturated heterocycles. The zero-order valence-electron chi connectivity index (χ0n) is 11.1. The van der Waals surface area contributed by atoms with Crippen molar-refractivity contribution in [2.24, 2.45) is 0 Å². The molecular weight excluding hydrogens is 248 g/mol. The van der Waals surface area contributed by atoms with Crippen LogP contribution in [0.5, 0.6) is 0 Å². The molecule has 1 atom stereocenters. The van der Waals surface area contributed by atoms with Gasteiger partial charge >= 0.3 is 5.97 Å². The number of carbonyl (C=O) groups excluding carboxylic acids is 1. The maximum Gasteiger partial charge on any atom is 0.338 e. The standard InChI is InChI=1S/C13H18N2O4/c1-17-12(16)10-3-5-14-11(7-10)15-8-13(18-2)4-6-19-9-13/h3,5,7H,4,6,8-9H2,1-2H3,(H,14,15). The van der Waals surface area contributed by atoms with Crippen molar-refractivity contribution in [1.82, 2.24) is 4.98 Å². The summed E-state index contributed by atoms with van der Waals surface area (Å²) in [5, 5.41) is 3.17. The second kappa shape index (κ2) is 5.99. The van der Waals surface area contributed by atoms with Crippen molar-refractivity contribution >= 4 is 11.8 Å². The molecule has 1 fully saturated rings. The number of carbonyl (C=O) groups is 1. The topological polar surface area (TPSA) is 69.7 Å². The molecule has 0 aromatic carbocycles. The van der Waals surface area contributed by atoms with Crippen LogP contribution in [0.25, 0.3) is 0 Å². The van der Waals surface area contributed by atoms with Crippen LogP contribution in [-0.4, -0.2) is 50.5 Å². The number of hydrogen-bond donors (Lipinski definition) is 1. The molecule has 1 aromatic heterocycles. The van der Waals surface area contributed by atoms with Crippen molar-refractivity contribution in [1.29, 1.82) is 0 Å². The zero-order chi connectivity index (χ0) is 13.7. The van der Waals surface area contributed by atoms with Crippen LogP contribution in [0.15, 0.2) is 18.3 Å². The van der Waals surface area contributed by atoms with E-state index in [-0.39, 0.29) is 11.6 Å². The van der Waals surface area contributed by atoms with Gasteiger partial charge in [0.25, 0.3) is 0 Å². The number of nitrogens with one attached hydrogen (secondary N) is 1. The third-order valence-corrected chi connectivity index (χ3v) is 3.27. The van der Waals surface area contributed by atoms with Crippen LogP contribution < -0.4 is 5.32 Å². The lowest BCUT2D eigenvalue weighted by molar-refractivity contribution is -0.00625. The minimum atomic E-state index is -0.379. The normalized spacial score (nSPS) is 22.2. The van der Waals surface area contributed by atoms with Gasteiger partial charge in [0.1, 0.15) is 11.4 Å². The van der Waals surface area contributed by atoms with Crippen molar-refractivity contribution in [3.8, 4) is 0 Å². The van der Waals surface area contributed by atoms with Crippen LogP contribution in [0.4, 0.5) is 5.82 Å². The predicted octanol–water partition coefficient (Wildman–Crippen LogP) is 1.09. The number of methoxy groups -OCH3 is 2. The lowest BCUT2D eigenvalue weighted by atomic mass is 10.0. The molecule has 1 N–H and O–H groups in total. The monoisotopic (exact) mass is 266 g/mol. The van der Waals surface area contributed by atoms with Gasteiger partial charge in [-0.15, -0.1) is 0 Å². The van der Waals surface area contributed by atoms with Gasteiger partial charge in [0.05, 0.1) is 19.3 Å². The summed E-state index contributed by atoms with van der Waals surface area (Å²) in [7, 11) is 3.03. The van der Waals surface area contributed by atoms with Gasteiger partial charge in [0.15, 0.2) is 0 Å². The number of ether oxygens (including phenoxy) is 3. The van der Waals surface area contributed by atoms with E-state index in [2.05, 4.69) is 15.0 Å². The van der Waals surface area contributed by atoms with E-state index in [1.54, 1.807) is 25.4 Å². The summed E-state index contributed by atoms with van der Waals surface area (Å²) in [5.41, 5.74) is 0.150. The molecule has 0 aliphatic carbocycles. The molecule has 2 heterocycles. The van der Waals surface area contributed by atoms with E-state index in [0.717, 1.165) is 6.42 Å². The molecule has 19 heavy (non-hydrogen) atoms. The minimum Gasteiger partial charge on any atom is -0.465 e. The second-order valence-corrected chi connectivity index (χ2v) is 4.46. The van der Waals surface area contributed by atoms with Crippen LogP contribution in [0.3, 0.4) is 0 Å². The smallest absolute Gasteiger partial charge is 0.338 e. The highest BCUT2D eigenvalue weighted by molar-refractivity contribution is 5.89. The fraction of sp³-hybridized carbons (Fsp3) is 0.538. The number of hydrogen-bond acceptors (Lipinski definition) is 6. The summed E-state index contributed by atoms with van der Waals surface area (Å²) in [5.74, 6) is 0.238. The first-order valence-electron chi connectivity index (χ1n) is 6.10. The van der Waals surface area contributed by atoms with Crippen molar-refractivity contribution in [2.75, 3.05) is 39.3 Å². The molecule has 1 aromatic rings. The summed E-state index contributed by atoms with van der Waals surface area (Å²) >= 11 is 0. The summed E-state index contributed by atoms with van der Waals surface area (Å²) in [6.45, 7) is 1.85. The fourth-order valence-electron chi connectivity index (χ4n) is 1.98. The number of nitrogens with zero attached hydrogens (tertiary/aromatic N) is 1. The number of anilines is 1. The molecule has 1 unspecified atom stereocenters. The molecule has 0 radical (unpaired) electrons. The average Bonchev–Trinajstić information content (AvgIpc) is 2.94. The lowest BCUT2D eigenvalue weighted by Gasteiger charge is -2.26. The van der Waals surface area contributed by atoms with Crippen LogP contribution >= 0.6 is 0 Å². The van der Waals surface area contributed by atoms with Crippen LogP contribution in [-0.2, 0) is 14.2 Å². The summed E-state index contributed by atoms with van der Waals surface area (Å²) in [4.78, 5) is 15.6. The van der Waals surface area contributed by atoms with Gasteiger partial charge in [-0.1, -0.05) is 0 Å². The molecule has 0 bridgehead atoms. The average molecular weight is 266 g/mol. The number of aromatic nitrogens is 1. The van der Waals surface area contributed by atoms with Gasteiger partial charge in [0.2, 0.25) is 0 Å². The van der Waals surface area contributed by atoms with Crippen LogP contribution in [0.2, 0.25) is 0 Å². The Kier molecular flexibility index (Phi) is 4.34. The fourth-order valence-corrected chi connectivity index (χ4v) is 1.98. The van der Waals surface area contributed by atoms with E-state index < -0.39 is 0 Å². The highest BCUT2D eigenvalue weighted by atomic mass is 16.5. The Balaban J connectivity index is 2.01. The van der Waals surface area contributed by atoms with Crippen molar-refractivity contribution in [3.05, 3.63) is 23.9 Å². The van der Waals surface area contributed by atoms with E-state index >= 15 is 0 Å². The van der Waals surface area contributed by atoms with E-state index in [1.807, 2.05) is 0 Å². The number of pyridine rings is 1. The van der Waals surface area contributed by atoms with Gasteiger partial charge in [0, 0.05) is 32.9 Å². The third-order valence-electron chi connectivity index (χ3n) is 3.27. The molecule has 6 nitrogen and oxygen atoms in total. The minimum absolute atomic E-state index is 0.317. The second-order valence-electron chi connectivity index (χ2n) is 4.46. The molecule has 0 spiro atoms. The van der Waals surface area contributed by atoms with E-state index in [1.165, 1.54) is 7.11 Å². The molecule has 104 valence electrons. The maximum absolute atomic E-state index is 11.4. The summed E-state index contributed by atoms with van der Waals surface area (Å²) in [6, 6.07) is 3.27. The molecule has 0 saturated carbocycles. The SMILES string of the molecule is COC(=O)c1ccnc(NCC2(OC)CCOC2)c1. The van der Waals surface area contributed by atoms with Crippen molar-refractivity contribution in [2.45, 2.75) is 12.0 Å². The first kappa shape index (κ1) is 13.8. The summed E-state index contributed by atoms with van der Waals surface area (Å²) < 4.78 is 15.5. The number of rotatable bonds is 5. The van der Waals surface area contributed by atoms with Gasteiger partial charge in [-0.25, -0.2) is 9.78 Å². The Bertz CT molecular complexity index is 444. The Morgan fingerprint density at radius 1 is 1.58 bits per heavy atom. The van der Waals surface area contributed by atoms with E-state index in [0.29, 0.717) is 31.1 Å². The van der Waals surface area contributed by atoms with Crippen LogP contribution in [0, 0.1) is 0 Å². The van der Waals surface area contributed by atoms with E-state index in [9.17, 15) is 4.79 Å². The Morgan fingerprint density at radius 3 is 3.05 bits per heavy atom. The Morgan fingerprint density at radius 2 is 2.42 bits per heavy atom. The first-order valence-corrected chi connectivity index (χ1v) is 6.10. The van der Waals surface area contributed by atoms with E-state index in [4.69, 9.17) is 9.47 Å². The lowest BCUT2D eigenvalue weighted by Crippen LogP contribution is -2.39. The molecule has 1 aliphatic rings. The zero-order valence-corrected chi connectivity index (χ0v) is 11.1. The molecule has 2 rings (SSSR count). The predicted molar refractivity (Wildman–Crippen MR) is 69.2 cm³/mol. The molecular formula is C13H18N2O4. The van der Waals surface area contributed by atoms with Gasteiger partial charge in [-0.05, 0) is 12.1 Å². The largest absolute Gasteiger partial charge is 0.465 e. The third kappa shape index (κ3) is 3.21. The summed E-state index contributed by atoms with van der Waals surface area (Å²) in [6.07, 6.45) is 2.41.